The predicted molar refractivity (Wildman–Crippen MR) is 65.7 cm³/mol. The van der Waals surface area contributed by atoms with Gasteiger partial charge in [0.2, 0.25) is 0 Å². The van der Waals surface area contributed by atoms with Crippen molar-refractivity contribution in [2.75, 3.05) is 0 Å². The minimum absolute atomic E-state index is 0.562. The van der Waals surface area contributed by atoms with Crippen molar-refractivity contribution in [3.05, 3.63) is 53.2 Å². The van der Waals surface area contributed by atoms with Crippen LogP contribution < -0.4 is 0 Å². The number of rotatable bonds is 2. The average molecular weight is 243 g/mol. The maximum Gasteiger partial charge on any atom is 0.125 e. The Hall–Kier alpha value is -1.85. The lowest BCUT2D eigenvalue weighted by Gasteiger charge is -2.07. The van der Waals surface area contributed by atoms with E-state index in [2.05, 4.69) is 14.6 Å². The molecule has 0 spiro atoms. The van der Waals surface area contributed by atoms with Gasteiger partial charge in [0.15, 0.2) is 0 Å². The maximum atomic E-state index is 10.1. The molecule has 4 nitrogen and oxygen atoms in total. The minimum Gasteiger partial charge on any atom is -0.382 e. The van der Waals surface area contributed by atoms with Gasteiger partial charge in [-0.15, -0.1) is 5.10 Å². The number of nitrogens with zero attached hydrogens (tertiary/aromatic N) is 3. The second-order valence-electron chi connectivity index (χ2n) is 3.69. The van der Waals surface area contributed by atoms with E-state index in [0.717, 1.165) is 16.5 Å². The summed E-state index contributed by atoms with van der Waals surface area (Å²) in [5.41, 5.74) is 2.21. The molecule has 0 aliphatic rings. The third-order valence-corrected chi connectivity index (χ3v) is 3.11. The zero-order valence-corrected chi connectivity index (χ0v) is 9.63. The molecule has 3 rings (SSSR count). The van der Waals surface area contributed by atoms with Crippen molar-refractivity contribution in [3.8, 4) is 0 Å². The predicted octanol–water partition coefficient (Wildman–Crippen LogP) is 2.17. The molecule has 0 fully saturated rings. The first-order chi connectivity index (χ1) is 8.34. The van der Waals surface area contributed by atoms with Crippen molar-refractivity contribution >= 4 is 22.4 Å². The molecule has 0 bridgehead atoms. The summed E-state index contributed by atoms with van der Waals surface area (Å²) in [5, 5.41) is 16.7. The third-order valence-electron chi connectivity index (χ3n) is 2.58. The number of pyridine rings is 1. The summed E-state index contributed by atoms with van der Waals surface area (Å²) in [6.45, 7) is 0. The van der Waals surface area contributed by atoms with E-state index in [9.17, 15) is 5.11 Å². The Morgan fingerprint density at radius 2 is 2.12 bits per heavy atom. The standard InChI is InChI=1S/C12H9N3OS/c16-12(11-7-17-15-14-11)9-5-8-3-1-2-4-10(8)13-6-9/h1-7,12,16H. The lowest BCUT2D eigenvalue weighted by molar-refractivity contribution is 0.215. The molecule has 0 aliphatic carbocycles. The molecule has 1 unspecified atom stereocenters. The van der Waals surface area contributed by atoms with Crippen molar-refractivity contribution in [3.63, 3.8) is 0 Å². The van der Waals surface area contributed by atoms with Gasteiger partial charge in [0.05, 0.1) is 5.52 Å². The molecule has 1 aromatic carbocycles. The SMILES string of the molecule is OC(c1cnc2ccccc2c1)c1csnn1. The molecule has 0 amide bonds. The summed E-state index contributed by atoms with van der Waals surface area (Å²) in [6, 6.07) is 9.72. The Kier molecular flexibility index (Phi) is 2.55. The van der Waals surface area contributed by atoms with Crippen LogP contribution in [0.15, 0.2) is 41.9 Å². The highest BCUT2D eigenvalue weighted by Crippen LogP contribution is 2.23. The Morgan fingerprint density at radius 1 is 1.24 bits per heavy atom. The monoisotopic (exact) mass is 243 g/mol. The van der Waals surface area contributed by atoms with Crippen LogP contribution in [0.1, 0.15) is 17.4 Å². The number of aliphatic hydroxyl groups is 1. The highest BCUT2D eigenvalue weighted by atomic mass is 32.1. The van der Waals surface area contributed by atoms with Gasteiger partial charge < -0.3 is 5.11 Å². The van der Waals surface area contributed by atoms with Crippen molar-refractivity contribution in [2.24, 2.45) is 0 Å². The van der Waals surface area contributed by atoms with E-state index in [-0.39, 0.29) is 0 Å². The van der Waals surface area contributed by atoms with Gasteiger partial charge in [0, 0.05) is 22.5 Å². The first kappa shape index (κ1) is 10.3. The average Bonchev–Trinajstić information content (AvgIpc) is 2.91. The quantitative estimate of drug-likeness (QED) is 0.749. The molecule has 17 heavy (non-hydrogen) atoms. The van der Waals surface area contributed by atoms with Crippen LogP contribution in [0, 0.1) is 0 Å². The second-order valence-corrected chi connectivity index (χ2v) is 4.30. The van der Waals surface area contributed by atoms with Crippen molar-refractivity contribution < 1.29 is 5.11 Å². The van der Waals surface area contributed by atoms with Crippen molar-refractivity contribution in [1.82, 2.24) is 14.6 Å². The van der Waals surface area contributed by atoms with Gasteiger partial charge in [0.1, 0.15) is 11.8 Å². The summed E-state index contributed by atoms with van der Waals surface area (Å²) < 4.78 is 3.74. The summed E-state index contributed by atoms with van der Waals surface area (Å²) in [5.74, 6) is 0. The Bertz CT molecular complexity index is 639. The molecule has 5 heteroatoms. The van der Waals surface area contributed by atoms with Gasteiger partial charge in [-0.2, -0.15) is 0 Å². The van der Waals surface area contributed by atoms with E-state index >= 15 is 0 Å². The zero-order valence-electron chi connectivity index (χ0n) is 8.82. The van der Waals surface area contributed by atoms with Gasteiger partial charge >= 0.3 is 0 Å². The number of aliphatic hydroxyl groups excluding tert-OH is 1. The molecule has 0 saturated carbocycles. The lowest BCUT2D eigenvalue weighted by atomic mass is 10.1. The van der Waals surface area contributed by atoms with Crippen molar-refractivity contribution in [1.29, 1.82) is 0 Å². The van der Waals surface area contributed by atoms with E-state index in [1.807, 2.05) is 30.3 Å². The lowest BCUT2D eigenvalue weighted by Crippen LogP contribution is -2.00. The third kappa shape index (κ3) is 1.90. The van der Waals surface area contributed by atoms with Gasteiger partial charge in [-0.25, -0.2) is 0 Å². The summed E-state index contributed by atoms with van der Waals surface area (Å²) >= 11 is 1.22. The Labute approximate surface area is 102 Å². The minimum atomic E-state index is -0.758. The summed E-state index contributed by atoms with van der Waals surface area (Å²) in [6.07, 6.45) is 0.914. The van der Waals surface area contributed by atoms with Crippen LogP contribution >= 0.6 is 11.5 Å². The first-order valence-electron chi connectivity index (χ1n) is 5.14. The van der Waals surface area contributed by atoms with Crippen LogP contribution in [0.2, 0.25) is 0 Å². The highest BCUT2D eigenvalue weighted by molar-refractivity contribution is 7.03. The van der Waals surface area contributed by atoms with Crippen LogP contribution in [0.5, 0.6) is 0 Å². The first-order valence-corrected chi connectivity index (χ1v) is 5.98. The van der Waals surface area contributed by atoms with E-state index in [1.165, 1.54) is 11.5 Å². The molecule has 1 atom stereocenters. The van der Waals surface area contributed by atoms with Gasteiger partial charge in [-0.1, -0.05) is 22.7 Å². The van der Waals surface area contributed by atoms with Gasteiger partial charge in [-0.05, 0) is 23.7 Å². The fraction of sp³-hybridized carbons (Fsp3) is 0.0833. The second kappa shape index (κ2) is 4.20. The summed E-state index contributed by atoms with van der Waals surface area (Å²) in [7, 11) is 0. The van der Waals surface area contributed by atoms with Gasteiger partial charge in [0.25, 0.3) is 0 Å². The molecule has 0 aliphatic heterocycles. The molecular weight excluding hydrogens is 234 g/mol. The molecule has 84 valence electrons. The molecule has 2 heterocycles. The number of fused-ring (bicyclic) bond motifs is 1. The molecule has 0 saturated heterocycles. The largest absolute Gasteiger partial charge is 0.382 e. The van der Waals surface area contributed by atoms with Crippen LogP contribution in [0.4, 0.5) is 0 Å². The normalized spacial score (nSPS) is 12.8. The highest BCUT2D eigenvalue weighted by Gasteiger charge is 2.13. The number of para-hydroxylation sites is 1. The topological polar surface area (TPSA) is 58.9 Å². The summed E-state index contributed by atoms with van der Waals surface area (Å²) in [4.78, 5) is 4.31. The molecular formula is C12H9N3OS. The number of hydrogen-bond donors (Lipinski definition) is 1. The smallest absolute Gasteiger partial charge is 0.125 e. The fourth-order valence-corrected chi connectivity index (χ4v) is 2.17. The number of benzene rings is 1. The van der Waals surface area contributed by atoms with Crippen LogP contribution in [-0.4, -0.2) is 19.7 Å². The Morgan fingerprint density at radius 3 is 2.94 bits per heavy atom. The van der Waals surface area contributed by atoms with Gasteiger partial charge in [-0.3, -0.25) is 4.98 Å². The number of aromatic nitrogens is 3. The van der Waals surface area contributed by atoms with E-state index < -0.39 is 6.10 Å². The molecule has 1 N–H and O–H groups in total. The molecule has 0 radical (unpaired) electrons. The Balaban J connectivity index is 2.06. The number of hydrogen-bond acceptors (Lipinski definition) is 5. The fourth-order valence-electron chi connectivity index (χ4n) is 1.70. The van der Waals surface area contributed by atoms with Crippen LogP contribution in [0.3, 0.4) is 0 Å². The maximum absolute atomic E-state index is 10.1. The zero-order chi connectivity index (χ0) is 11.7. The van der Waals surface area contributed by atoms with E-state index in [1.54, 1.807) is 11.6 Å². The molecule has 2 aromatic heterocycles. The van der Waals surface area contributed by atoms with Crippen LogP contribution in [0.25, 0.3) is 10.9 Å². The molecule has 3 aromatic rings. The van der Waals surface area contributed by atoms with Crippen LogP contribution in [-0.2, 0) is 0 Å². The van der Waals surface area contributed by atoms with E-state index in [0.29, 0.717) is 5.69 Å². The van der Waals surface area contributed by atoms with E-state index in [4.69, 9.17) is 0 Å². The van der Waals surface area contributed by atoms with Crippen molar-refractivity contribution in [2.45, 2.75) is 6.10 Å².